The first-order valence-electron chi connectivity index (χ1n) is 28.8. The molecule has 2 unspecified atom stereocenters. The summed E-state index contributed by atoms with van der Waals surface area (Å²) in [6.07, 6.45) is 69.3. The quantitative estimate of drug-likeness (QED) is 0.0211. The van der Waals surface area contributed by atoms with Crippen molar-refractivity contribution in [1.82, 2.24) is 0 Å². The molecular formula is C61H109NO8P+. The first kappa shape index (κ1) is 68.2. The lowest BCUT2D eigenvalue weighted by atomic mass is 10.0. The summed E-state index contributed by atoms with van der Waals surface area (Å²) < 4.78 is 34.5. The van der Waals surface area contributed by atoms with E-state index in [9.17, 15) is 19.0 Å². The number of rotatable bonds is 52. The Balaban J connectivity index is 4.24. The van der Waals surface area contributed by atoms with Crippen LogP contribution in [-0.2, 0) is 32.7 Å². The highest BCUT2D eigenvalue weighted by Gasteiger charge is 2.27. The van der Waals surface area contributed by atoms with Gasteiger partial charge in [-0.15, -0.1) is 0 Å². The van der Waals surface area contributed by atoms with E-state index in [0.29, 0.717) is 17.4 Å². The van der Waals surface area contributed by atoms with Crippen LogP contribution in [0.4, 0.5) is 0 Å². The Hall–Kier alpha value is -2.81. The molecule has 0 aliphatic carbocycles. The molecule has 0 spiro atoms. The fraction of sp³-hybridized carbons (Fsp3) is 0.738. The molecule has 0 aliphatic rings. The minimum absolute atomic E-state index is 0.0246. The van der Waals surface area contributed by atoms with Gasteiger partial charge in [0.15, 0.2) is 6.10 Å². The van der Waals surface area contributed by atoms with Crippen molar-refractivity contribution in [2.75, 3.05) is 47.5 Å². The summed E-state index contributed by atoms with van der Waals surface area (Å²) in [4.78, 5) is 35.7. The van der Waals surface area contributed by atoms with Crippen molar-refractivity contribution in [2.45, 2.75) is 245 Å². The zero-order valence-corrected chi connectivity index (χ0v) is 47.3. The molecule has 0 saturated carbocycles. The Morgan fingerprint density at radius 2 is 0.803 bits per heavy atom. The topological polar surface area (TPSA) is 108 Å². The molecule has 0 aromatic rings. The minimum atomic E-state index is -4.39. The summed E-state index contributed by atoms with van der Waals surface area (Å²) in [5.41, 5.74) is 0. The molecule has 0 heterocycles. The van der Waals surface area contributed by atoms with E-state index in [-0.39, 0.29) is 32.0 Å². The van der Waals surface area contributed by atoms with Crippen LogP contribution in [0.1, 0.15) is 239 Å². The Morgan fingerprint density at radius 1 is 0.451 bits per heavy atom. The van der Waals surface area contributed by atoms with Gasteiger partial charge in [0.25, 0.3) is 0 Å². The number of esters is 2. The maximum atomic E-state index is 12.8. The lowest BCUT2D eigenvalue weighted by molar-refractivity contribution is -0.870. The molecular weight excluding hydrogens is 906 g/mol. The zero-order chi connectivity index (χ0) is 52.0. The molecule has 0 amide bonds. The Labute approximate surface area is 437 Å². The lowest BCUT2D eigenvalue weighted by Gasteiger charge is -2.24. The second-order valence-corrected chi connectivity index (χ2v) is 21.8. The first-order chi connectivity index (χ1) is 34.5. The van der Waals surface area contributed by atoms with Crippen LogP contribution in [0.15, 0.2) is 85.1 Å². The fourth-order valence-corrected chi connectivity index (χ4v) is 8.50. The van der Waals surface area contributed by atoms with E-state index in [1.54, 1.807) is 0 Å². The average Bonchev–Trinajstić information content (AvgIpc) is 3.33. The van der Waals surface area contributed by atoms with Gasteiger partial charge in [-0.05, 0) is 70.6 Å². The van der Waals surface area contributed by atoms with Crippen molar-refractivity contribution in [1.29, 1.82) is 0 Å². The van der Waals surface area contributed by atoms with Gasteiger partial charge < -0.3 is 18.9 Å². The largest absolute Gasteiger partial charge is 0.472 e. The third kappa shape index (κ3) is 56.3. The van der Waals surface area contributed by atoms with Crippen molar-refractivity contribution in [3.05, 3.63) is 85.1 Å². The van der Waals surface area contributed by atoms with Gasteiger partial charge in [-0.25, -0.2) is 4.57 Å². The molecule has 10 heteroatoms. The summed E-state index contributed by atoms with van der Waals surface area (Å²) in [6, 6.07) is 0. The second kappa shape index (κ2) is 52.1. The molecule has 2 atom stereocenters. The summed E-state index contributed by atoms with van der Waals surface area (Å²) >= 11 is 0. The number of allylic oxidation sites excluding steroid dienone is 14. The highest BCUT2D eigenvalue weighted by molar-refractivity contribution is 7.47. The number of phosphoric acid groups is 1. The normalized spacial score (nSPS) is 13.9. The molecule has 0 aromatic heterocycles. The number of ether oxygens (including phenoxy) is 2. The third-order valence-electron chi connectivity index (χ3n) is 12.2. The van der Waals surface area contributed by atoms with Gasteiger partial charge in [0.1, 0.15) is 19.8 Å². The summed E-state index contributed by atoms with van der Waals surface area (Å²) in [7, 11) is 1.46. The van der Waals surface area contributed by atoms with E-state index >= 15 is 0 Å². The number of likely N-dealkylation sites (N-methyl/N-ethyl adjacent to an activating group) is 1. The average molecular weight is 1020 g/mol. The van der Waals surface area contributed by atoms with E-state index in [1.807, 2.05) is 21.1 Å². The molecule has 0 aliphatic heterocycles. The molecule has 0 radical (unpaired) electrons. The summed E-state index contributed by atoms with van der Waals surface area (Å²) in [5, 5.41) is 0. The molecule has 0 aromatic carbocycles. The van der Waals surface area contributed by atoms with Crippen LogP contribution in [0.5, 0.6) is 0 Å². The van der Waals surface area contributed by atoms with Crippen LogP contribution in [0, 0.1) is 0 Å². The monoisotopic (exact) mass is 1010 g/mol. The number of hydrogen-bond acceptors (Lipinski definition) is 7. The van der Waals surface area contributed by atoms with Crippen molar-refractivity contribution in [3.63, 3.8) is 0 Å². The van der Waals surface area contributed by atoms with Gasteiger partial charge in [-0.1, -0.05) is 240 Å². The number of unbranched alkanes of at least 4 members (excludes halogenated alkanes) is 24. The van der Waals surface area contributed by atoms with Crippen molar-refractivity contribution in [2.24, 2.45) is 0 Å². The summed E-state index contributed by atoms with van der Waals surface area (Å²) in [6.45, 7) is 4.31. The number of carbonyl (C=O) groups is 2. The Kier molecular flexibility index (Phi) is 50.0. The number of quaternary nitrogens is 1. The van der Waals surface area contributed by atoms with Crippen LogP contribution >= 0.6 is 7.82 Å². The van der Waals surface area contributed by atoms with E-state index in [4.69, 9.17) is 18.5 Å². The van der Waals surface area contributed by atoms with Gasteiger partial charge >= 0.3 is 19.8 Å². The number of nitrogens with zero attached hydrogens (tertiary/aromatic N) is 1. The van der Waals surface area contributed by atoms with Gasteiger partial charge in [-0.2, -0.15) is 0 Å². The molecule has 0 rings (SSSR count). The summed E-state index contributed by atoms with van der Waals surface area (Å²) in [5.74, 6) is -0.817. The van der Waals surface area contributed by atoms with Crippen LogP contribution in [0.2, 0.25) is 0 Å². The standard InChI is InChI=1S/C61H108NO8P/c1-6-8-10-12-14-16-18-20-22-24-26-28-29-30-31-32-33-34-36-38-40-42-44-46-48-50-52-54-61(64)70-59(58-69-71(65,66)68-56-55-62(3,4)5)57-67-60(63)53-51-49-47-45-43-41-39-37-35-27-25-23-21-19-17-15-13-11-9-7-2/h8,10,14,16,20,22,26,28,30-31,33-34,38,40,59H,6-7,9,11-13,15,17-19,21,23-25,27,29,32,35-37,39,41-58H2,1-5H3/p+1/b10-8-,16-14-,22-20-,28-26-,31-30-,34-33-,40-38-. The molecule has 0 fully saturated rings. The molecule has 71 heavy (non-hydrogen) atoms. The smallest absolute Gasteiger partial charge is 0.462 e. The number of carbonyl (C=O) groups excluding carboxylic acids is 2. The molecule has 410 valence electrons. The third-order valence-corrected chi connectivity index (χ3v) is 13.2. The van der Waals surface area contributed by atoms with Crippen LogP contribution in [0.3, 0.4) is 0 Å². The fourth-order valence-electron chi connectivity index (χ4n) is 7.76. The first-order valence-corrected chi connectivity index (χ1v) is 30.3. The maximum absolute atomic E-state index is 12.8. The predicted molar refractivity (Wildman–Crippen MR) is 302 cm³/mol. The Bertz CT molecular complexity index is 1470. The van der Waals surface area contributed by atoms with Gasteiger partial charge in [0.05, 0.1) is 27.7 Å². The van der Waals surface area contributed by atoms with Crippen LogP contribution < -0.4 is 0 Å². The Morgan fingerprint density at radius 3 is 1.20 bits per heavy atom. The van der Waals surface area contributed by atoms with Gasteiger partial charge in [0, 0.05) is 12.8 Å². The molecule has 1 N–H and O–H groups in total. The molecule has 0 bridgehead atoms. The highest BCUT2D eigenvalue weighted by atomic mass is 31.2. The van der Waals surface area contributed by atoms with Crippen molar-refractivity contribution < 1.29 is 42.1 Å². The SMILES string of the molecule is CC/C=C\C/C=C\C/C=C\C/C=C\C/C=C\C/C=C\C/C=C\CCCCCCCC(=O)OC(COC(=O)CCCCCCCCCCCCCCCCCCCCCC)COP(=O)(O)OCC[N+](C)(C)C. The van der Waals surface area contributed by atoms with Crippen LogP contribution in [-0.4, -0.2) is 74.9 Å². The number of hydrogen-bond donors (Lipinski definition) is 1. The number of phosphoric ester groups is 1. The van der Waals surface area contributed by atoms with Gasteiger partial charge in [0.2, 0.25) is 0 Å². The second-order valence-electron chi connectivity index (χ2n) is 20.3. The van der Waals surface area contributed by atoms with E-state index in [0.717, 1.165) is 96.3 Å². The van der Waals surface area contributed by atoms with Gasteiger partial charge in [-0.3, -0.25) is 18.6 Å². The van der Waals surface area contributed by atoms with Crippen LogP contribution in [0.25, 0.3) is 0 Å². The minimum Gasteiger partial charge on any atom is -0.462 e. The zero-order valence-electron chi connectivity index (χ0n) is 46.4. The highest BCUT2D eigenvalue weighted by Crippen LogP contribution is 2.43. The molecule has 0 saturated heterocycles. The van der Waals surface area contributed by atoms with Crippen molar-refractivity contribution in [3.8, 4) is 0 Å². The van der Waals surface area contributed by atoms with E-state index in [2.05, 4.69) is 98.9 Å². The van der Waals surface area contributed by atoms with E-state index < -0.39 is 26.5 Å². The van der Waals surface area contributed by atoms with E-state index in [1.165, 1.54) is 109 Å². The van der Waals surface area contributed by atoms with Crippen molar-refractivity contribution >= 4 is 19.8 Å². The predicted octanol–water partition coefficient (Wildman–Crippen LogP) is 17.9. The maximum Gasteiger partial charge on any atom is 0.472 e. The lowest BCUT2D eigenvalue weighted by Crippen LogP contribution is -2.37. The molecule has 9 nitrogen and oxygen atoms in total.